The predicted molar refractivity (Wildman–Crippen MR) is 93.1 cm³/mol. The number of benzene rings is 1. The van der Waals surface area contributed by atoms with Crippen LogP contribution >= 0.6 is 0 Å². The molecule has 1 unspecified atom stereocenters. The molecule has 0 fully saturated rings. The Bertz CT molecular complexity index is 942. The summed E-state index contributed by atoms with van der Waals surface area (Å²) in [5.41, 5.74) is 5.18. The van der Waals surface area contributed by atoms with Gasteiger partial charge in [-0.2, -0.15) is 0 Å². The molecule has 0 saturated carbocycles. The van der Waals surface area contributed by atoms with Gasteiger partial charge in [0.15, 0.2) is 0 Å². The number of fused-ring (bicyclic) bond motifs is 4. The van der Waals surface area contributed by atoms with E-state index >= 15 is 0 Å². The van der Waals surface area contributed by atoms with Gasteiger partial charge < -0.3 is 4.57 Å². The number of hydrogen-bond donors (Lipinski definition) is 0. The lowest BCUT2D eigenvalue weighted by Crippen LogP contribution is -2.31. The van der Waals surface area contributed by atoms with E-state index in [2.05, 4.69) is 55.9 Å². The van der Waals surface area contributed by atoms with E-state index in [1.54, 1.807) is 0 Å². The summed E-state index contributed by atoms with van der Waals surface area (Å²) >= 11 is 0. The van der Waals surface area contributed by atoms with Crippen molar-refractivity contribution in [2.75, 3.05) is 0 Å². The third-order valence-corrected chi connectivity index (χ3v) is 5.22. The van der Waals surface area contributed by atoms with Gasteiger partial charge in [-0.15, -0.1) is 0 Å². The lowest BCUT2D eigenvalue weighted by atomic mass is 9.98. The van der Waals surface area contributed by atoms with Crippen LogP contribution in [0.4, 0.5) is 0 Å². The Morgan fingerprint density at radius 3 is 2.83 bits per heavy atom. The first-order chi connectivity index (χ1) is 11.1. The summed E-state index contributed by atoms with van der Waals surface area (Å²) in [6, 6.07) is 8.62. The van der Waals surface area contributed by atoms with Gasteiger partial charge in [0.05, 0.1) is 6.04 Å². The maximum atomic E-state index is 12.8. The van der Waals surface area contributed by atoms with Gasteiger partial charge in [0.1, 0.15) is 0 Å². The van der Waals surface area contributed by atoms with Crippen molar-refractivity contribution in [3.63, 3.8) is 0 Å². The zero-order valence-electron chi connectivity index (χ0n) is 14.0. The van der Waals surface area contributed by atoms with Gasteiger partial charge in [0, 0.05) is 48.5 Å². The minimum atomic E-state index is 0.0847. The molecule has 0 aliphatic carbocycles. The molecule has 1 aliphatic rings. The van der Waals surface area contributed by atoms with Gasteiger partial charge in [0.2, 0.25) is 0 Å². The van der Waals surface area contributed by atoms with E-state index in [-0.39, 0.29) is 11.7 Å². The van der Waals surface area contributed by atoms with Crippen LogP contribution in [0.1, 0.15) is 49.7 Å². The first-order valence-electron chi connectivity index (χ1n) is 8.50. The van der Waals surface area contributed by atoms with E-state index in [0.717, 1.165) is 31.5 Å². The van der Waals surface area contributed by atoms with Crippen molar-refractivity contribution in [1.29, 1.82) is 0 Å². The number of imidazole rings is 1. The van der Waals surface area contributed by atoms with Crippen molar-refractivity contribution >= 4 is 10.9 Å². The molecule has 0 amide bonds. The summed E-state index contributed by atoms with van der Waals surface area (Å²) in [4.78, 5) is 12.8. The average Bonchev–Trinajstić information content (AvgIpc) is 3.02. The molecule has 0 N–H and O–H groups in total. The molecule has 0 radical (unpaired) electrons. The molecule has 3 aromatic rings. The molecular formula is C19H23N3O. The summed E-state index contributed by atoms with van der Waals surface area (Å²) in [7, 11) is 2.11. The van der Waals surface area contributed by atoms with Crippen molar-refractivity contribution in [2.45, 2.75) is 45.7 Å². The molecule has 3 heterocycles. The van der Waals surface area contributed by atoms with Gasteiger partial charge >= 0.3 is 5.69 Å². The molecule has 120 valence electrons. The quantitative estimate of drug-likeness (QED) is 0.729. The van der Waals surface area contributed by atoms with Gasteiger partial charge in [-0.05, 0) is 25.0 Å². The molecule has 1 aromatic carbocycles. The van der Waals surface area contributed by atoms with Crippen molar-refractivity contribution < 1.29 is 0 Å². The normalized spacial score (nSPS) is 16.6. The van der Waals surface area contributed by atoms with E-state index in [1.165, 1.54) is 22.2 Å². The Morgan fingerprint density at radius 2 is 2.04 bits per heavy atom. The number of aryl methyl sites for hydroxylation is 2. The van der Waals surface area contributed by atoms with Gasteiger partial charge in [0.25, 0.3) is 0 Å². The second-order valence-electron chi connectivity index (χ2n) is 6.61. The van der Waals surface area contributed by atoms with E-state index in [9.17, 15) is 4.79 Å². The van der Waals surface area contributed by atoms with Crippen LogP contribution in [0.15, 0.2) is 35.3 Å². The van der Waals surface area contributed by atoms with E-state index in [1.807, 2.05) is 9.13 Å². The second kappa shape index (κ2) is 5.15. The standard InChI is InChI=1S/C19H23N3O/c1-4-5-10-21-12-14-11-16-15-8-6-7-9-17(15)20(3)18(16)13(2)22(14)19(21)23/h6-9,12-13H,4-5,10-11H2,1-3H3. The number of nitrogens with zero attached hydrogens (tertiary/aromatic N) is 3. The monoisotopic (exact) mass is 309 g/mol. The van der Waals surface area contributed by atoms with Gasteiger partial charge in [-0.3, -0.25) is 9.13 Å². The molecule has 1 aliphatic heterocycles. The molecule has 2 aromatic heterocycles. The van der Waals surface area contributed by atoms with Crippen LogP contribution in [0.3, 0.4) is 0 Å². The Hall–Kier alpha value is -2.23. The third-order valence-electron chi connectivity index (χ3n) is 5.22. The molecular weight excluding hydrogens is 286 g/mol. The van der Waals surface area contributed by atoms with Crippen LogP contribution in [0.5, 0.6) is 0 Å². The fourth-order valence-corrected chi connectivity index (χ4v) is 4.11. The van der Waals surface area contributed by atoms with Gasteiger partial charge in [-0.25, -0.2) is 4.79 Å². The average molecular weight is 309 g/mol. The first kappa shape index (κ1) is 14.4. The minimum absolute atomic E-state index is 0.0847. The fraction of sp³-hybridized carbons (Fsp3) is 0.421. The third kappa shape index (κ3) is 1.94. The molecule has 4 nitrogen and oxygen atoms in total. The Balaban J connectivity index is 1.89. The van der Waals surface area contributed by atoms with E-state index in [4.69, 9.17) is 0 Å². The highest BCUT2D eigenvalue weighted by molar-refractivity contribution is 5.86. The van der Waals surface area contributed by atoms with Crippen molar-refractivity contribution in [1.82, 2.24) is 13.7 Å². The predicted octanol–water partition coefficient (Wildman–Crippen LogP) is 3.46. The van der Waals surface area contributed by atoms with Crippen molar-refractivity contribution in [3.05, 3.63) is 57.9 Å². The number of para-hydroxylation sites is 1. The summed E-state index contributed by atoms with van der Waals surface area (Å²) in [6.07, 6.45) is 5.07. The van der Waals surface area contributed by atoms with Crippen LogP contribution < -0.4 is 5.69 Å². The van der Waals surface area contributed by atoms with Crippen LogP contribution in [0.25, 0.3) is 10.9 Å². The Labute approximate surface area is 136 Å². The summed E-state index contributed by atoms with van der Waals surface area (Å²) in [5, 5.41) is 1.32. The number of rotatable bonds is 3. The Morgan fingerprint density at radius 1 is 1.26 bits per heavy atom. The van der Waals surface area contributed by atoms with Crippen LogP contribution in [0, 0.1) is 0 Å². The largest absolute Gasteiger partial charge is 0.346 e. The molecule has 4 heteroatoms. The maximum Gasteiger partial charge on any atom is 0.328 e. The smallest absolute Gasteiger partial charge is 0.328 e. The van der Waals surface area contributed by atoms with Crippen molar-refractivity contribution in [3.8, 4) is 0 Å². The molecule has 0 bridgehead atoms. The molecule has 1 atom stereocenters. The molecule has 4 rings (SSSR count). The molecule has 0 spiro atoms. The maximum absolute atomic E-state index is 12.8. The minimum Gasteiger partial charge on any atom is -0.346 e. The van der Waals surface area contributed by atoms with E-state index < -0.39 is 0 Å². The fourth-order valence-electron chi connectivity index (χ4n) is 4.11. The molecule has 23 heavy (non-hydrogen) atoms. The SMILES string of the molecule is CCCCn1cc2n(c1=O)C(C)c1c(c3ccccc3n1C)C2. The number of unbranched alkanes of at least 4 members (excludes halogenated alkanes) is 1. The molecule has 0 saturated heterocycles. The van der Waals surface area contributed by atoms with Crippen LogP contribution in [-0.4, -0.2) is 13.7 Å². The Kier molecular flexibility index (Phi) is 3.22. The summed E-state index contributed by atoms with van der Waals surface area (Å²) < 4.78 is 6.13. The van der Waals surface area contributed by atoms with Crippen LogP contribution in [0.2, 0.25) is 0 Å². The van der Waals surface area contributed by atoms with Gasteiger partial charge in [-0.1, -0.05) is 31.5 Å². The highest BCUT2D eigenvalue weighted by Crippen LogP contribution is 2.36. The van der Waals surface area contributed by atoms with Crippen LogP contribution in [-0.2, 0) is 20.0 Å². The number of aromatic nitrogens is 3. The van der Waals surface area contributed by atoms with E-state index in [0.29, 0.717) is 0 Å². The first-order valence-corrected chi connectivity index (χ1v) is 8.50. The summed E-state index contributed by atoms with van der Waals surface area (Å²) in [5.74, 6) is 0. The zero-order valence-corrected chi connectivity index (χ0v) is 14.0. The zero-order chi connectivity index (χ0) is 16.1. The topological polar surface area (TPSA) is 31.9 Å². The summed E-state index contributed by atoms with van der Waals surface area (Å²) in [6.45, 7) is 5.12. The number of hydrogen-bond acceptors (Lipinski definition) is 1. The highest BCUT2D eigenvalue weighted by Gasteiger charge is 2.29. The van der Waals surface area contributed by atoms with Crippen molar-refractivity contribution in [2.24, 2.45) is 7.05 Å². The lowest BCUT2D eigenvalue weighted by molar-refractivity contribution is 0.518. The highest BCUT2D eigenvalue weighted by atomic mass is 16.1. The second-order valence-corrected chi connectivity index (χ2v) is 6.61. The lowest BCUT2D eigenvalue weighted by Gasteiger charge is -2.23.